The van der Waals surface area contributed by atoms with Crippen molar-refractivity contribution in [2.45, 2.75) is 32.7 Å². The number of aryl methyl sites for hydroxylation is 1. The molecule has 25 heavy (non-hydrogen) atoms. The number of rotatable bonds is 6. The third-order valence-electron chi connectivity index (χ3n) is 3.71. The molecule has 0 bridgehead atoms. The largest absolute Gasteiger partial charge is 0.330 e. The van der Waals surface area contributed by atoms with Crippen molar-refractivity contribution in [3.8, 4) is 17.4 Å². The zero-order valence-corrected chi connectivity index (χ0v) is 15.8. The van der Waals surface area contributed by atoms with Crippen molar-refractivity contribution in [2.24, 2.45) is 0 Å². The highest BCUT2D eigenvalue weighted by atomic mass is 35.5. The first-order chi connectivity index (χ1) is 11.6. The summed E-state index contributed by atoms with van der Waals surface area (Å²) in [6, 6.07) is 7.76. The van der Waals surface area contributed by atoms with Gasteiger partial charge in [0.2, 0.25) is 5.82 Å². The van der Waals surface area contributed by atoms with Gasteiger partial charge in [0, 0.05) is 18.9 Å². The molecule has 1 N–H and O–H groups in total. The van der Waals surface area contributed by atoms with Crippen molar-refractivity contribution in [3.05, 3.63) is 40.9 Å². The summed E-state index contributed by atoms with van der Waals surface area (Å²) in [5.41, 5.74) is 0.776. The van der Waals surface area contributed by atoms with Crippen LogP contribution in [0.3, 0.4) is 0 Å². The molecular formula is C16H20Cl2N6O. The van der Waals surface area contributed by atoms with Gasteiger partial charge in [0.05, 0.1) is 10.7 Å². The van der Waals surface area contributed by atoms with E-state index in [9.17, 15) is 0 Å². The lowest BCUT2D eigenvalue weighted by Crippen LogP contribution is -2.24. The van der Waals surface area contributed by atoms with E-state index in [1.54, 1.807) is 4.68 Å². The molecule has 2 aromatic heterocycles. The maximum Gasteiger partial charge on any atom is 0.297 e. The van der Waals surface area contributed by atoms with E-state index in [0.717, 1.165) is 11.5 Å². The number of hydrogen-bond donors (Lipinski definition) is 1. The number of likely N-dealkylation sites (N-methyl/N-ethyl adjacent to an activating group) is 1. The number of benzene rings is 1. The van der Waals surface area contributed by atoms with Crippen LogP contribution in [0.2, 0.25) is 5.02 Å². The molecule has 1 unspecified atom stereocenters. The van der Waals surface area contributed by atoms with Gasteiger partial charge in [0.1, 0.15) is 5.82 Å². The van der Waals surface area contributed by atoms with Gasteiger partial charge in [0.25, 0.3) is 5.89 Å². The summed E-state index contributed by atoms with van der Waals surface area (Å²) in [7, 11) is 1.89. The van der Waals surface area contributed by atoms with Gasteiger partial charge in [0.15, 0.2) is 5.82 Å². The second kappa shape index (κ2) is 8.42. The molecule has 3 aromatic rings. The lowest BCUT2D eigenvalue weighted by atomic mass is 10.2. The Kier molecular flexibility index (Phi) is 6.52. The molecule has 2 heterocycles. The van der Waals surface area contributed by atoms with E-state index in [-0.39, 0.29) is 18.4 Å². The van der Waals surface area contributed by atoms with Crippen LogP contribution in [0.5, 0.6) is 0 Å². The van der Waals surface area contributed by atoms with E-state index in [2.05, 4.69) is 32.5 Å². The van der Waals surface area contributed by atoms with Gasteiger partial charge < -0.3 is 9.84 Å². The van der Waals surface area contributed by atoms with E-state index < -0.39 is 0 Å². The second-order valence-corrected chi connectivity index (χ2v) is 5.89. The molecule has 0 radical (unpaired) electrons. The Balaban J connectivity index is 0.00000225. The Morgan fingerprint density at radius 3 is 2.72 bits per heavy atom. The number of aromatic nitrogens is 5. The molecule has 9 heteroatoms. The van der Waals surface area contributed by atoms with Gasteiger partial charge in [-0.15, -0.1) is 17.5 Å². The quantitative estimate of drug-likeness (QED) is 0.705. The highest BCUT2D eigenvalue weighted by Gasteiger charge is 2.19. The van der Waals surface area contributed by atoms with Gasteiger partial charge in [-0.1, -0.05) is 35.8 Å². The van der Waals surface area contributed by atoms with Crippen LogP contribution in [-0.2, 0) is 12.8 Å². The number of nitrogens with zero attached hydrogens (tertiary/aromatic N) is 5. The number of halogens is 2. The number of nitrogens with one attached hydrogen (secondary N) is 1. The molecule has 0 aliphatic rings. The SMILES string of the molecule is CCc1nc(-c2nc(CC(C)NC)no2)nn1-c1ccccc1Cl.Cl. The molecular weight excluding hydrogens is 363 g/mol. The fraction of sp³-hybridized carbons (Fsp3) is 0.375. The Labute approximate surface area is 157 Å². The third kappa shape index (κ3) is 4.18. The molecule has 1 aromatic carbocycles. The number of hydrogen-bond acceptors (Lipinski definition) is 6. The fourth-order valence-electron chi connectivity index (χ4n) is 2.28. The lowest BCUT2D eigenvalue weighted by molar-refractivity contribution is 0.416. The minimum absolute atomic E-state index is 0. The molecule has 0 saturated carbocycles. The Morgan fingerprint density at radius 2 is 2.04 bits per heavy atom. The topological polar surface area (TPSA) is 81.7 Å². The standard InChI is InChI=1S/C16H19ClN6O.ClH/c1-4-14-20-15(16-19-13(22-24-16)9-10(2)18-3)21-23(14)12-8-6-5-7-11(12)17;/h5-8,10,18H,4,9H2,1-3H3;1H. The van der Waals surface area contributed by atoms with E-state index in [0.29, 0.717) is 35.4 Å². The molecule has 0 saturated heterocycles. The van der Waals surface area contributed by atoms with Crippen LogP contribution in [0.1, 0.15) is 25.5 Å². The summed E-state index contributed by atoms with van der Waals surface area (Å²) in [6.45, 7) is 4.06. The van der Waals surface area contributed by atoms with Crippen molar-refractivity contribution in [3.63, 3.8) is 0 Å². The van der Waals surface area contributed by atoms with E-state index in [1.165, 1.54) is 0 Å². The Morgan fingerprint density at radius 1 is 1.28 bits per heavy atom. The first kappa shape index (κ1) is 19.4. The van der Waals surface area contributed by atoms with Gasteiger partial charge in [-0.2, -0.15) is 4.98 Å². The molecule has 134 valence electrons. The molecule has 0 fully saturated rings. The van der Waals surface area contributed by atoms with Gasteiger partial charge in [-0.25, -0.2) is 9.67 Å². The predicted octanol–water partition coefficient (Wildman–Crippen LogP) is 3.11. The maximum atomic E-state index is 6.27. The highest BCUT2D eigenvalue weighted by Crippen LogP contribution is 2.23. The molecule has 3 rings (SSSR count). The summed E-state index contributed by atoms with van der Waals surface area (Å²) in [5, 5.41) is 12.2. The maximum absolute atomic E-state index is 6.27. The molecule has 1 atom stereocenters. The zero-order valence-electron chi connectivity index (χ0n) is 14.2. The third-order valence-corrected chi connectivity index (χ3v) is 4.03. The second-order valence-electron chi connectivity index (χ2n) is 5.48. The highest BCUT2D eigenvalue weighted by molar-refractivity contribution is 6.32. The zero-order chi connectivity index (χ0) is 17.1. The van der Waals surface area contributed by atoms with Crippen LogP contribution in [0.25, 0.3) is 17.4 Å². The summed E-state index contributed by atoms with van der Waals surface area (Å²) < 4.78 is 7.03. The van der Waals surface area contributed by atoms with E-state index in [1.807, 2.05) is 38.2 Å². The van der Waals surface area contributed by atoms with Crippen LogP contribution in [0.4, 0.5) is 0 Å². The van der Waals surface area contributed by atoms with Gasteiger partial charge in [-0.05, 0) is 26.1 Å². The van der Waals surface area contributed by atoms with Crippen molar-refractivity contribution in [2.75, 3.05) is 7.05 Å². The Hall–Kier alpha value is -1.96. The first-order valence-corrected chi connectivity index (χ1v) is 8.21. The molecule has 7 nitrogen and oxygen atoms in total. The summed E-state index contributed by atoms with van der Waals surface area (Å²) >= 11 is 6.27. The minimum atomic E-state index is 0. The first-order valence-electron chi connectivity index (χ1n) is 7.83. The fourth-order valence-corrected chi connectivity index (χ4v) is 2.50. The lowest BCUT2D eigenvalue weighted by Gasteiger charge is -2.05. The number of para-hydroxylation sites is 1. The summed E-state index contributed by atoms with van der Waals surface area (Å²) in [5.74, 6) is 2.12. The average Bonchev–Trinajstić information content (AvgIpc) is 3.21. The molecule has 0 aliphatic carbocycles. The summed E-state index contributed by atoms with van der Waals surface area (Å²) in [6.07, 6.45) is 1.38. The van der Waals surface area contributed by atoms with Crippen LogP contribution in [0.15, 0.2) is 28.8 Å². The normalized spacial score (nSPS) is 12.0. The van der Waals surface area contributed by atoms with Crippen molar-refractivity contribution in [1.82, 2.24) is 30.2 Å². The van der Waals surface area contributed by atoms with Crippen LogP contribution >= 0.6 is 24.0 Å². The molecule has 0 aliphatic heterocycles. The molecule has 0 spiro atoms. The molecule has 0 amide bonds. The van der Waals surface area contributed by atoms with Gasteiger partial charge >= 0.3 is 0 Å². The van der Waals surface area contributed by atoms with Crippen molar-refractivity contribution >= 4 is 24.0 Å². The average molecular weight is 383 g/mol. The monoisotopic (exact) mass is 382 g/mol. The predicted molar refractivity (Wildman–Crippen MR) is 98.5 cm³/mol. The van der Waals surface area contributed by atoms with Gasteiger partial charge in [-0.3, -0.25) is 0 Å². The van der Waals surface area contributed by atoms with Crippen LogP contribution in [-0.4, -0.2) is 38.0 Å². The summed E-state index contributed by atoms with van der Waals surface area (Å²) in [4.78, 5) is 8.89. The van der Waals surface area contributed by atoms with E-state index in [4.69, 9.17) is 16.1 Å². The Bertz CT molecular complexity index is 832. The van der Waals surface area contributed by atoms with Crippen molar-refractivity contribution in [1.29, 1.82) is 0 Å². The smallest absolute Gasteiger partial charge is 0.297 e. The van der Waals surface area contributed by atoms with E-state index >= 15 is 0 Å². The van der Waals surface area contributed by atoms with Crippen LogP contribution < -0.4 is 5.32 Å². The van der Waals surface area contributed by atoms with Crippen LogP contribution in [0, 0.1) is 0 Å². The minimum Gasteiger partial charge on any atom is -0.330 e. The van der Waals surface area contributed by atoms with Crippen molar-refractivity contribution < 1.29 is 4.52 Å².